The summed E-state index contributed by atoms with van der Waals surface area (Å²) in [6.45, 7) is -0.332. The van der Waals surface area contributed by atoms with Crippen molar-refractivity contribution >= 4 is 26.0 Å². The highest BCUT2D eigenvalue weighted by Gasteiger charge is 2.26. The Morgan fingerprint density at radius 1 is 1.09 bits per heavy atom. The van der Waals surface area contributed by atoms with Gasteiger partial charge in [-0.3, -0.25) is 4.79 Å². The molecule has 3 N–H and O–H groups in total. The van der Waals surface area contributed by atoms with Gasteiger partial charge in [-0.2, -0.15) is 0 Å². The minimum Gasteiger partial charge on any atom is -0.492 e. The Balaban J connectivity index is 1.88. The molecule has 0 radical (unpaired) electrons. The SMILES string of the molecule is NS(=O)(=O)c1ccccc1S(=O)(=O)NC(=O)c1ccc(C#CC2CCCC2)c(OCCC(F)F)c1. The lowest BCUT2D eigenvalue weighted by Gasteiger charge is -2.12. The lowest BCUT2D eigenvalue weighted by Crippen LogP contribution is -2.32. The molecular formula is C23H24F2N2O6S2. The summed E-state index contributed by atoms with van der Waals surface area (Å²) in [6, 6.07) is 8.53. The van der Waals surface area contributed by atoms with Crippen LogP contribution in [0.5, 0.6) is 5.75 Å². The van der Waals surface area contributed by atoms with Crippen molar-refractivity contribution in [2.24, 2.45) is 11.1 Å². The predicted octanol–water partition coefficient (Wildman–Crippen LogP) is 3.03. The number of hydrogen-bond acceptors (Lipinski definition) is 6. The van der Waals surface area contributed by atoms with E-state index in [1.165, 1.54) is 30.3 Å². The maximum absolute atomic E-state index is 12.7. The van der Waals surface area contributed by atoms with Gasteiger partial charge in [-0.1, -0.05) is 36.8 Å². The first-order valence-corrected chi connectivity index (χ1v) is 13.8. The molecule has 0 saturated heterocycles. The lowest BCUT2D eigenvalue weighted by atomic mass is 10.1. The summed E-state index contributed by atoms with van der Waals surface area (Å²) < 4.78 is 81.4. The zero-order valence-electron chi connectivity index (χ0n) is 18.5. The van der Waals surface area contributed by atoms with Gasteiger partial charge in [0, 0.05) is 17.9 Å². The van der Waals surface area contributed by atoms with Crippen LogP contribution >= 0.6 is 0 Å². The Morgan fingerprint density at radius 2 is 1.74 bits per heavy atom. The standard InChI is InChI=1S/C23H24F2N2O6S2/c24-22(25)13-14-33-19-15-18(12-11-17(19)10-9-16-5-1-2-6-16)23(28)27-35(31,32)21-8-4-3-7-20(21)34(26,29)30/h3-4,7-8,11-12,15-16,22H,1-2,5-6,13-14H2,(H,27,28)(H2,26,29,30). The monoisotopic (exact) mass is 526 g/mol. The van der Waals surface area contributed by atoms with Crippen LogP contribution in [-0.4, -0.2) is 35.8 Å². The van der Waals surface area contributed by atoms with E-state index in [2.05, 4.69) is 11.8 Å². The molecule has 0 spiro atoms. The van der Waals surface area contributed by atoms with Crippen LogP contribution < -0.4 is 14.6 Å². The largest absolute Gasteiger partial charge is 0.492 e. The van der Waals surface area contributed by atoms with Crippen LogP contribution in [0.2, 0.25) is 0 Å². The van der Waals surface area contributed by atoms with Gasteiger partial charge >= 0.3 is 0 Å². The van der Waals surface area contributed by atoms with Crippen LogP contribution in [0.1, 0.15) is 48.0 Å². The molecule has 0 atom stereocenters. The third-order valence-corrected chi connectivity index (χ3v) is 7.76. The molecule has 8 nitrogen and oxygen atoms in total. The summed E-state index contributed by atoms with van der Waals surface area (Å²) in [4.78, 5) is 11.4. The Hall–Kier alpha value is -3.01. The molecule has 0 aromatic heterocycles. The van der Waals surface area contributed by atoms with Gasteiger partial charge in [0.25, 0.3) is 15.9 Å². The van der Waals surface area contributed by atoms with Gasteiger partial charge in [0.1, 0.15) is 15.5 Å². The number of primary sulfonamides is 1. The summed E-state index contributed by atoms with van der Waals surface area (Å²) in [5.41, 5.74) is 0.227. The number of benzene rings is 2. The maximum Gasteiger partial charge on any atom is 0.265 e. The average molecular weight is 527 g/mol. The number of hydrogen-bond donors (Lipinski definition) is 2. The first kappa shape index (κ1) is 26.6. The Labute approximate surface area is 203 Å². The van der Waals surface area contributed by atoms with Crippen molar-refractivity contribution in [3.05, 3.63) is 53.6 Å². The van der Waals surface area contributed by atoms with Gasteiger partial charge in [-0.05, 0) is 43.2 Å². The molecule has 12 heteroatoms. The van der Waals surface area contributed by atoms with Crippen molar-refractivity contribution in [3.8, 4) is 17.6 Å². The second kappa shape index (κ2) is 11.2. The summed E-state index contributed by atoms with van der Waals surface area (Å²) >= 11 is 0. The van der Waals surface area contributed by atoms with Gasteiger partial charge in [-0.25, -0.2) is 35.5 Å². The van der Waals surface area contributed by atoms with Crippen molar-refractivity contribution in [1.29, 1.82) is 0 Å². The van der Waals surface area contributed by atoms with E-state index in [4.69, 9.17) is 9.88 Å². The van der Waals surface area contributed by atoms with Crippen LogP contribution in [0.25, 0.3) is 0 Å². The molecule has 0 bridgehead atoms. The number of nitrogens with one attached hydrogen (secondary N) is 1. The zero-order chi connectivity index (χ0) is 25.6. The third kappa shape index (κ3) is 7.24. The fourth-order valence-electron chi connectivity index (χ4n) is 3.54. The molecule has 188 valence electrons. The van der Waals surface area contributed by atoms with Crippen molar-refractivity contribution in [3.63, 3.8) is 0 Å². The number of alkyl halides is 2. The Kier molecular flexibility index (Phi) is 8.47. The van der Waals surface area contributed by atoms with Gasteiger partial charge in [0.05, 0.1) is 12.2 Å². The highest BCUT2D eigenvalue weighted by atomic mass is 32.2. The molecule has 1 aliphatic carbocycles. The average Bonchev–Trinajstić information content (AvgIpc) is 3.31. The molecule has 35 heavy (non-hydrogen) atoms. The second-order valence-electron chi connectivity index (χ2n) is 7.92. The van der Waals surface area contributed by atoms with Crippen LogP contribution in [0, 0.1) is 17.8 Å². The number of ether oxygens (including phenoxy) is 1. The van der Waals surface area contributed by atoms with Crippen molar-refractivity contribution in [2.75, 3.05) is 6.61 Å². The molecule has 1 fully saturated rings. The molecule has 3 rings (SSSR count). The minimum atomic E-state index is -4.62. The van der Waals surface area contributed by atoms with Gasteiger partial charge in [0.2, 0.25) is 16.4 Å². The molecule has 1 aliphatic rings. The van der Waals surface area contributed by atoms with Crippen LogP contribution in [0.15, 0.2) is 52.3 Å². The second-order valence-corrected chi connectivity index (χ2v) is 11.1. The van der Waals surface area contributed by atoms with Gasteiger partial charge in [0.15, 0.2) is 0 Å². The molecule has 1 amide bonds. The highest BCUT2D eigenvalue weighted by Crippen LogP contribution is 2.26. The zero-order valence-corrected chi connectivity index (χ0v) is 20.2. The Bertz CT molecular complexity index is 1360. The molecule has 0 heterocycles. The number of rotatable bonds is 8. The number of sulfonamides is 2. The quantitative estimate of drug-likeness (QED) is 0.508. The van der Waals surface area contributed by atoms with E-state index in [1.807, 2.05) is 0 Å². The molecular weight excluding hydrogens is 502 g/mol. The summed E-state index contributed by atoms with van der Waals surface area (Å²) in [5.74, 6) is 5.29. The maximum atomic E-state index is 12.7. The summed E-state index contributed by atoms with van der Waals surface area (Å²) in [5, 5.41) is 5.09. The third-order valence-electron chi connectivity index (χ3n) is 5.28. The lowest BCUT2D eigenvalue weighted by molar-refractivity contribution is 0.0978. The number of halogens is 2. The minimum absolute atomic E-state index is 0.0612. The highest BCUT2D eigenvalue weighted by molar-refractivity contribution is 7.92. The number of carbonyl (C=O) groups excluding carboxylic acids is 1. The molecule has 2 aromatic rings. The van der Waals surface area contributed by atoms with Crippen molar-refractivity contribution in [2.45, 2.75) is 48.3 Å². The topological polar surface area (TPSA) is 133 Å². The fraction of sp³-hybridized carbons (Fsp3) is 0.348. The van der Waals surface area contributed by atoms with E-state index in [0.29, 0.717) is 5.56 Å². The van der Waals surface area contributed by atoms with E-state index in [-0.39, 0.29) is 23.8 Å². The first-order valence-electron chi connectivity index (χ1n) is 10.7. The molecule has 2 aromatic carbocycles. The fourth-order valence-corrected chi connectivity index (χ4v) is 5.89. The summed E-state index contributed by atoms with van der Waals surface area (Å²) in [6.07, 6.45) is 0.974. The summed E-state index contributed by atoms with van der Waals surface area (Å²) in [7, 11) is -9.01. The normalized spacial score (nSPS) is 14.4. The number of nitrogens with two attached hydrogens (primary N) is 1. The molecule has 0 unspecified atom stereocenters. The smallest absolute Gasteiger partial charge is 0.265 e. The van der Waals surface area contributed by atoms with Crippen LogP contribution in [0.3, 0.4) is 0 Å². The number of amides is 1. The van der Waals surface area contributed by atoms with Crippen molar-refractivity contribution in [1.82, 2.24) is 4.72 Å². The van der Waals surface area contributed by atoms with E-state index in [1.54, 1.807) is 4.72 Å². The van der Waals surface area contributed by atoms with Gasteiger partial charge < -0.3 is 4.74 Å². The van der Waals surface area contributed by atoms with E-state index in [9.17, 15) is 30.4 Å². The number of carbonyl (C=O) groups is 1. The first-order chi connectivity index (χ1) is 16.5. The van der Waals surface area contributed by atoms with E-state index < -0.39 is 48.6 Å². The molecule has 0 aliphatic heterocycles. The molecule has 1 saturated carbocycles. The van der Waals surface area contributed by atoms with E-state index in [0.717, 1.165) is 37.8 Å². The van der Waals surface area contributed by atoms with Crippen molar-refractivity contribution < 1.29 is 35.1 Å². The van der Waals surface area contributed by atoms with E-state index >= 15 is 0 Å². The van der Waals surface area contributed by atoms with Gasteiger partial charge in [-0.15, -0.1) is 0 Å². The van der Waals surface area contributed by atoms with Crippen LogP contribution in [-0.2, 0) is 20.0 Å². The van der Waals surface area contributed by atoms with Crippen LogP contribution in [0.4, 0.5) is 8.78 Å². The predicted molar refractivity (Wildman–Crippen MR) is 124 cm³/mol. The Morgan fingerprint density at radius 3 is 2.37 bits per heavy atom.